The number of carbonyl (C=O) groups excluding carboxylic acids is 1. The third-order valence-electron chi connectivity index (χ3n) is 4.53. The van der Waals surface area contributed by atoms with Crippen LogP contribution in [0.15, 0.2) is 28.7 Å². The van der Waals surface area contributed by atoms with E-state index in [0.29, 0.717) is 21.8 Å². The van der Waals surface area contributed by atoms with E-state index in [4.69, 9.17) is 20.8 Å². The number of nitrogens with zero attached hydrogens (tertiary/aromatic N) is 1. The average Bonchev–Trinajstić information content (AvgIpc) is 3.18. The zero-order chi connectivity index (χ0) is 15.8. The molecule has 5 nitrogen and oxygen atoms in total. The summed E-state index contributed by atoms with van der Waals surface area (Å²) in [4.78, 5) is 15.5. The summed E-state index contributed by atoms with van der Waals surface area (Å²) in [5, 5.41) is 4.06. The minimum absolute atomic E-state index is 0.0268. The van der Waals surface area contributed by atoms with Crippen LogP contribution in [0.5, 0.6) is 11.0 Å². The first-order valence-electron chi connectivity index (χ1n) is 7.73. The van der Waals surface area contributed by atoms with Crippen LogP contribution >= 0.6 is 22.9 Å². The summed E-state index contributed by atoms with van der Waals surface area (Å²) in [7, 11) is 0. The monoisotopic (exact) mass is 352 g/mol. The van der Waals surface area contributed by atoms with Crippen LogP contribution in [0.4, 0.5) is 0 Å². The topological polar surface area (TPSA) is 54.7 Å². The Morgan fingerprint density at radius 2 is 2.13 bits per heavy atom. The fourth-order valence-corrected chi connectivity index (χ4v) is 4.22. The molecule has 122 valence electrons. The highest BCUT2D eigenvalue weighted by Crippen LogP contribution is 2.32. The standard InChI is InChI=1S/C16H17ClN2O3S/c17-13-2-3-14(21-13)22-15-4-1-12(23-15)16(20)18-11-9-19-7-5-10(11)6-8-19/h1-4,10-11H,5-9H2,(H,18,20). The summed E-state index contributed by atoms with van der Waals surface area (Å²) in [5.74, 6) is 0.909. The lowest BCUT2D eigenvalue weighted by Gasteiger charge is -2.44. The number of fused-ring (bicyclic) bond motifs is 3. The number of ether oxygens (including phenoxy) is 1. The first-order chi connectivity index (χ1) is 11.2. The van der Waals surface area contributed by atoms with Crippen molar-refractivity contribution in [2.24, 2.45) is 5.92 Å². The molecule has 0 radical (unpaired) electrons. The molecule has 2 aromatic heterocycles. The van der Waals surface area contributed by atoms with Crippen molar-refractivity contribution in [3.05, 3.63) is 34.4 Å². The van der Waals surface area contributed by atoms with Gasteiger partial charge >= 0.3 is 0 Å². The Morgan fingerprint density at radius 1 is 1.30 bits per heavy atom. The second-order valence-corrected chi connectivity index (χ2v) is 7.42. The smallest absolute Gasteiger partial charge is 0.292 e. The average molecular weight is 353 g/mol. The Kier molecular flexibility index (Phi) is 4.05. The van der Waals surface area contributed by atoms with Gasteiger partial charge in [-0.05, 0) is 55.6 Å². The zero-order valence-electron chi connectivity index (χ0n) is 12.5. The van der Waals surface area contributed by atoms with Crippen molar-refractivity contribution in [3.63, 3.8) is 0 Å². The Morgan fingerprint density at radius 3 is 2.78 bits per heavy atom. The van der Waals surface area contributed by atoms with Crippen LogP contribution in [0, 0.1) is 5.92 Å². The van der Waals surface area contributed by atoms with Crippen molar-refractivity contribution in [1.29, 1.82) is 0 Å². The highest BCUT2D eigenvalue weighted by Gasteiger charge is 2.35. The molecule has 1 atom stereocenters. The van der Waals surface area contributed by atoms with Crippen molar-refractivity contribution in [2.45, 2.75) is 18.9 Å². The molecule has 3 fully saturated rings. The molecule has 5 heterocycles. The van der Waals surface area contributed by atoms with Gasteiger partial charge in [0, 0.05) is 24.7 Å². The normalized spacial score (nSPS) is 26.2. The minimum atomic E-state index is -0.0268. The van der Waals surface area contributed by atoms with E-state index in [-0.39, 0.29) is 17.2 Å². The van der Waals surface area contributed by atoms with E-state index in [1.54, 1.807) is 24.3 Å². The summed E-state index contributed by atoms with van der Waals surface area (Å²) >= 11 is 7.01. The van der Waals surface area contributed by atoms with Crippen LogP contribution in [0.1, 0.15) is 22.5 Å². The van der Waals surface area contributed by atoms with E-state index in [9.17, 15) is 4.79 Å². The summed E-state index contributed by atoms with van der Waals surface area (Å²) in [6.45, 7) is 3.30. The van der Waals surface area contributed by atoms with Crippen molar-refractivity contribution in [3.8, 4) is 11.0 Å². The predicted octanol–water partition coefficient (Wildman–Crippen LogP) is 3.61. The summed E-state index contributed by atoms with van der Waals surface area (Å²) in [6.07, 6.45) is 2.37. The molecule has 23 heavy (non-hydrogen) atoms. The van der Waals surface area contributed by atoms with Gasteiger partial charge in [-0.15, -0.1) is 0 Å². The maximum Gasteiger partial charge on any atom is 0.292 e. The Labute approximate surface area is 143 Å². The number of thiophene rings is 1. The Balaban J connectivity index is 1.39. The highest BCUT2D eigenvalue weighted by molar-refractivity contribution is 7.15. The van der Waals surface area contributed by atoms with Crippen LogP contribution in [0.25, 0.3) is 0 Å². The Bertz CT molecular complexity index is 706. The molecule has 3 aliphatic rings. The van der Waals surface area contributed by atoms with Gasteiger partial charge in [0.15, 0.2) is 10.3 Å². The number of nitrogens with one attached hydrogen (secondary N) is 1. The Hall–Kier alpha value is -1.50. The number of amides is 1. The number of hydrogen-bond acceptors (Lipinski definition) is 5. The number of carbonyl (C=O) groups is 1. The fraction of sp³-hybridized carbons (Fsp3) is 0.438. The van der Waals surface area contributed by atoms with E-state index in [1.807, 2.05) is 0 Å². The molecule has 7 heteroatoms. The SMILES string of the molecule is O=C(NC1CN2CCC1CC2)c1ccc(Oc2ccc(Cl)o2)s1. The van der Waals surface area contributed by atoms with Gasteiger partial charge in [-0.25, -0.2) is 0 Å². The molecule has 1 amide bonds. The van der Waals surface area contributed by atoms with Crippen molar-refractivity contribution >= 4 is 28.8 Å². The molecular weight excluding hydrogens is 336 g/mol. The number of rotatable bonds is 4. The minimum Gasteiger partial charge on any atom is -0.415 e. The van der Waals surface area contributed by atoms with Gasteiger partial charge in [-0.2, -0.15) is 0 Å². The number of piperidine rings is 3. The molecule has 2 aromatic rings. The van der Waals surface area contributed by atoms with E-state index in [2.05, 4.69) is 10.2 Å². The lowest BCUT2D eigenvalue weighted by Crippen LogP contribution is -2.57. The molecule has 2 bridgehead atoms. The van der Waals surface area contributed by atoms with Gasteiger partial charge < -0.3 is 19.4 Å². The molecule has 5 rings (SSSR count). The molecule has 1 N–H and O–H groups in total. The second-order valence-electron chi connectivity index (χ2n) is 6.00. The molecule has 1 unspecified atom stereocenters. The van der Waals surface area contributed by atoms with E-state index < -0.39 is 0 Å². The largest absolute Gasteiger partial charge is 0.415 e. The second kappa shape index (κ2) is 6.19. The van der Waals surface area contributed by atoms with Crippen LogP contribution in [0.3, 0.4) is 0 Å². The number of furan rings is 1. The molecule has 3 saturated heterocycles. The van der Waals surface area contributed by atoms with Gasteiger partial charge in [0.2, 0.25) is 0 Å². The molecule has 0 spiro atoms. The van der Waals surface area contributed by atoms with Crippen molar-refractivity contribution in [1.82, 2.24) is 10.2 Å². The lowest BCUT2D eigenvalue weighted by molar-refractivity contribution is 0.0622. The van der Waals surface area contributed by atoms with E-state index in [1.165, 1.54) is 37.3 Å². The highest BCUT2D eigenvalue weighted by atomic mass is 35.5. The zero-order valence-corrected chi connectivity index (χ0v) is 14.0. The van der Waals surface area contributed by atoms with Crippen molar-refractivity contribution in [2.75, 3.05) is 19.6 Å². The van der Waals surface area contributed by atoms with Gasteiger partial charge in [-0.3, -0.25) is 4.79 Å². The van der Waals surface area contributed by atoms with Gasteiger partial charge in [0.25, 0.3) is 11.9 Å². The third kappa shape index (κ3) is 3.24. The summed E-state index contributed by atoms with van der Waals surface area (Å²) < 4.78 is 10.7. The van der Waals surface area contributed by atoms with E-state index in [0.717, 1.165) is 6.54 Å². The molecular formula is C16H17ClN2O3S. The van der Waals surface area contributed by atoms with Gasteiger partial charge in [0.1, 0.15) is 0 Å². The molecule has 0 aromatic carbocycles. The van der Waals surface area contributed by atoms with Gasteiger partial charge in [-0.1, -0.05) is 11.3 Å². The van der Waals surface area contributed by atoms with Gasteiger partial charge in [0.05, 0.1) is 4.88 Å². The van der Waals surface area contributed by atoms with Crippen LogP contribution in [0.2, 0.25) is 5.22 Å². The van der Waals surface area contributed by atoms with Crippen LogP contribution in [-0.4, -0.2) is 36.5 Å². The van der Waals surface area contributed by atoms with Crippen LogP contribution in [-0.2, 0) is 0 Å². The first kappa shape index (κ1) is 15.1. The van der Waals surface area contributed by atoms with Crippen molar-refractivity contribution < 1.29 is 13.9 Å². The third-order valence-corrected chi connectivity index (χ3v) is 5.69. The fourth-order valence-electron chi connectivity index (χ4n) is 3.32. The molecule has 3 aliphatic heterocycles. The van der Waals surface area contributed by atoms with Crippen LogP contribution < -0.4 is 10.1 Å². The first-order valence-corrected chi connectivity index (χ1v) is 8.93. The summed E-state index contributed by atoms with van der Waals surface area (Å²) in [6, 6.07) is 7.08. The number of hydrogen-bond donors (Lipinski definition) is 1. The predicted molar refractivity (Wildman–Crippen MR) is 88.5 cm³/mol. The molecule has 0 saturated carbocycles. The lowest BCUT2D eigenvalue weighted by atomic mass is 9.84. The molecule has 0 aliphatic carbocycles. The number of halogens is 1. The maximum atomic E-state index is 12.4. The maximum absolute atomic E-state index is 12.4. The van der Waals surface area contributed by atoms with E-state index >= 15 is 0 Å². The summed E-state index contributed by atoms with van der Waals surface area (Å²) in [5.41, 5.74) is 0. The quantitative estimate of drug-likeness (QED) is 0.913.